The molecule has 3 fully saturated rings. The van der Waals surface area contributed by atoms with Crippen molar-refractivity contribution in [2.75, 3.05) is 13.7 Å². The molecule has 0 unspecified atom stereocenters. The highest BCUT2D eigenvalue weighted by Gasteiger charge is 2.49. The summed E-state index contributed by atoms with van der Waals surface area (Å²) in [6.45, 7) is 1.86. The van der Waals surface area contributed by atoms with Gasteiger partial charge in [0.2, 0.25) is 11.8 Å². The first-order chi connectivity index (χ1) is 22.7. The predicted molar refractivity (Wildman–Crippen MR) is 169 cm³/mol. The van der Waals surface area contributed by atoms with Crippen LogP contribution in [0.1, 0.15) is 96.1 Å². The average Bonchev–Trinajstić information content (AvgIpc) is 3.67. The maximum absolute atomic E-state index is 16.1. The van der Waals surface area contributed by atoms with Crippen molar-refractivity contribution < 1.29 is 37.4 Å². The van der Waals surface area contributed by atoms with Crippen molar-refractivity contribution in [1.82, 2.24) is 20.2 Å². The van der Waals surface area contributed by atoms with Crippen molar-refractivity contribution in [3.63, 3.8) is 0 Å². The molecule has 2 saturated carbocycles. The molecule has 2 aliphatic carbocycles. The summed E-state index contributed by atoms with van der Waals surface area (Å²) < 4.78 is 49.8. The number of hydrogen-bond acceptors (Lipinski definition) is 8. The molecule has 10 nitrogen and oxygen atoms in total. The molecule has 47 heavy (non-hydrogen) atoms. The standard InChI is InChI=1S/C35H46F2N4O6/c1-3-24-27(20-42)41-19-29(24)46-32-31(38-25-16-15-23(45-2)18-26(25)39-32)35(36,37)17-8-7-10-21-13-9-14-28(21)47-34(44)40-30(33(41)43)22-11-5-4-6-12-22/h15-16,18,20-22,24,27-30H,3-14,17,19H2,1-2H3,(H,40,44)/t21-,24+,27-,28-,29+,30+/m1/s1. The van der Waals surface area contributed by atoms with Crippen molar-refractivity contribution >= 4 is 29.3 Å². The van der Waals surface area contributed by atoms with Crippen molar-refractivity contribution in [3.05, 3.63) is 23.9 Å². The molecule has 0 spiro atoms. The van der Waals surface area contributed by atoms with Crippen LogP contribution in [0, 0.1) is 17.8 Å². The Kier molecular flexibility index (Phi) is 10.1. The predicted octanol–water partition coefficient (Wildman–Crippen LogP) is 6.33. The van der Waals surface area contributed by atoms with E-state index in [9.17, 15) is 14.4 Å². The zero-order valence-corrected chi connectivity index (χ0v) is 27.3. The zero-order chi connectivity index (χ0) is 33.1. The third-order valence-electron chi connectivity index (χ3n) is 10.8. The highest BCUT2D eigenvalue weighted by molar-refractivity contribution is 5.88. The first kappa shape index (κ1) is 33.3. The number of ether oxygens (including phenoxy) is 3. The molecule has 1 aromatic heterocycles. The summed E-state index contributed by atoms with van der Waals surface area (Å²) in [6.07, 6.45) is 7.32. The fraction of sp³-hybridized carbons (Fsp3) is 0.686. The van der Waals surface area contributed by atoms with Gasteiger partial charge in [0.15, 0.2) is 5.69 Å². The van der Waals surface area contributed by atoms with E-state index in [0.717, 1.165) is 51.2 Å². The summed E-state index contributed by atoms with van der Waals surface area (Å²) >= 11 is 0. The summed E-state index contributed by atoms with van der Waals surface area (Å²) in [7, 11) is 1.51. The molecule has 2 bridgehead atoms. The van der Waals surface area contributed by atoms with Crippen LogP contribution in [0.2, 0.25) is 0 Å². The average molecular weight is 657 g/mol. The lowest BCUT2D eigenvalue weighted by atomic mass is 9.83. The first-order valence-electron chi connectivity index (χ1n) is 17.4. The maximum Gasteiger partial charge on any atom is 0.408 e. The molecular weight excluding hydrogens is 610 g/mol. The van der Waals surface area contributed by atoms with Crippen molar-refractivity contribution in [1.29, 1.82) is 0 Å². The first-order valence-corrected chi connectivity index (χ1v) is 17.4. The molecule has 4 aliphatic rings. The third-order valence-corrected chi connectivity index (χ3v) is 10.8. The highest BCUT2D eigenvalue weighted by Crippen LogP contribution is 2.42. The molecule has 12 heteroatoms. The molecule has 1 saturated heterocycles. The van der Waals surface area contributed by atoms with Crippen molar-refractivity contribution in [2.24, 2.45) is 17.8 Å². The van der Waals surface area contributed by atoms with Crippen molar-refractivity contribution in [3.8, 4) is 11.6 Å². The van der Waals surface area contributed by atoms with Gasteiger partial charge in [-0.05, 0) is 75.3 Å². The molecule has 6 rings (SSSR count). The van der Waals surface area contributed by atoms with Gasteiger partial charge in [-0.3, -0.25) is 4.79 Å². The van der Waals surface area contributed by atoms with Gasteiger partial charge in [0.25, 0.3) is 5.92 Å². The smallest absolute Gasteiger partial charge is 0.408 e. The third kappa shape index (κ3) is 7.02. The van der Waals surface area contributed by atoms with Gasteiger partial charge in [-0.2, -0.15) is 8.78 Å². The topological polar surface area (TPSA) is 120 Å². The number of methoxy groups -OCH3 is 1. The number of halogens is 2. The van der Waals surface area contributed by atoms with Gasteiger partial charge >= 0.3 is 6.09 Å². The number of nitrogens with one attached hydrogen (secondary N) is 1. The number of aldehydes is 1. The second-order valence-electron chi connectivity index (χ2n) is 13.7. The Morgan fingerprint density at radius 1 is 0.957 bits per heavy atom. The molecule has 0 radical (unpaired) electrons. The van der Waals surface area contributed by atoms with Crippen LogP contribution in [0.15, 0.2) is 18.2 Å². The minimum atomic E-state index is -3.35. The normalized spacial score (nSPS) is 30.7. The lowest BCUT2D eigenvalue weighted by Gasteiger charge is -2.34. The Hall–Kier alpha value is -3.57. The zero-order valence-electron chi connectivity index (χ0n) is 27.3. The second-order valence-corrected chi connectivity index (χ2v) is 13.7. The van der Waals surface area contributed by atoms with E-state index in [1.165, 1.54) is 12.0 Å². The van der Waals surface area contributed by atoms with Crippen molar-refractivity contribution in [2.45, 2.75) is 121 Å². The fourth-order valence-electron chi connectivity index (χ4n) is 8.24. The summed E-state index contributed by atoms with van der Waals surface area (Å²) in [5.41, 5.74) is 0.0697. The largest absolute Gasteiger partial charge is 0.497 e. The maximum atomic E-state index is 16.1. The van der Waals surface area contributed by atoms with Crippen LogP contribution in [-0.4, -0.2) is 71.1 Å². The minimum Gasteiger partial charge on any atom is -0.497 e. The molecule has 3 heterocycles. The van der Waals surface area contributed by atoms with E-state index >= 15 is 8.78 Å². The Morgan fingerprint density at radius 3 is 2.45 bits per heavy atom. The van der Waals surface area contributed by atoms with Gasteiger partial charge in [-0.25, -0.2) is 14.8 Å². The fourth-order valence-corrected chi connectivity index (χ4v) is 8.24. The van der Waals surface area contributed by atoms with Gasteiger partial charge in [-0.15, -0.1) is 0 Å². The van der Waals surface area contributed by atoms with Gasteiger partial charge in [0.05, 0.1) is 30.7 Å². The number of alkyl carbamates (subject to hydrolysis) is 1. The number of nitrogens with zero attached hydrogens (tertiary/aromatic N) is 3. The molecule has 6 atom stereocenters. The molecular formula is C35H46F2N4O6. The SMILES string of the molecule is CC[C@@H]1[C@@H]2CN(C(=O)[C@H](C3CCCCC3)NC(=O)O[C@@H]3CCC[C@H]3CCCCC(F)(F)c3nc4ccc(OC)cc4nc3O2)[C@@H]1C=O. The highest BCUT2D eigenvalue weighted by atomic mass is 19.3. The lowest BCUT2D eigenvalue weighted by molar-refractivity contribution is -0.138. The minimum absolute atomic E-state index is 0.0196. The van der Waals surface area contributed by atoms with Crippen LogP contribution in [-0.2, 0) is 20.2 Å². The molecule has 2 aliphatic heterocycles. The number of amides is 2. The van der Waals surface area contributed by atoms with Crippen LogP contribution in [0.3, 0.4) is 0 Å². The number of alkyl halides is 2. The number of carbonyl (C=O) groups excluding carboxylic acids is 3. The lowest BCUT2D eigenvalue weighted by Crippen LogP contribution is -2.55. The molecule has 2 aromatic rings. The number of benzene rings is 1. The summed E-state index contributed by atoms with van der Waals surface area (Å²) in [6, 6.07) is 3.13. The second kappa shape index (κ2) is 14.3. The Labute approximate surface area is 274 Å². The van der Waals surface area contributed by atoms with E-state index < -0.39 is 48.2 Å². The summed E-state index contributed by atoms with van der Waals surface area (Å²) in [5.74, 6) is -4.06. The van der Waals surface area contributed by atoms with Gasteiger partial charge in [0.1, 0.15) is 30.3 Å². The van der Waals surface area contributed by atoms with E-state index in [2.05, 4.69) is 15.3 Å². The van der Waals surface area contributed by atoms with Gasteiger partial charge < -0.3 is 29.2 Å². The van der Waals surface area contributed by atoms with Gasteiger partial charge in [0, 0.05) is 18.4 Å². The quantitative estimate of drug-likeness (QED) is 0.379. The van der Waals surface area contributed by atoms with E-state index in [-0.39, 0.29) is 48.2 Å². The van der Waals surface area contributed by atoms with Crippen LogP contribution in [0.25, 0.3) is 11.0 Å². The summed E-state index contributed by atoms with van der Waals surface area (Å²) in [4.78, 5) is 50.7. The monoisotopic (exact) mass is 656 g/mol. The van der Waals surface area contributed by atoms with Crippen LogP contribution in [0.5, 0.6) is 11.6 Å². The van der Waals surface area contributed by atoms with E-state index in [0.29, 0.717) is 36.9 Å². The van der Waals surface area contributed by atoms with Crippen LogP contribution >= 0.6 is 0 Å². The van der Waals surface area contributed by atoms with Gasteiger partial charge in [-0.1, -0.05) is 32.6 Å². The number of fused-ring (bicyclic) bond motifs is 5. The van der Waals surface area contributed by atoms with Crippen LogP contribution in [0.4, 0.5) is 13.6 Å². The Bertz CT molecular complexity index is 1450. The Morgan fingerprint density at radius 2 is 1.70 bits per heavy atom. The Balaban J connectivity index is 1.40. The van der Waals surface area contributed by atoms with E-state index in [1.54, 1.807) is 18.2 Å². The van der Waals surface area contributed by atoms with E-state index in [1.807, 2.05) is 6.92 Å². The van der Waals surface area contributed by atoms with Crippen LogP contribution < -0.4 is 14.8 Å². The number of rotatable bonds is 4. The number of carbonyl (C=O) groups is 3. The van der Waals surface area contributed by atoms with E-state index in [4.69, 9.17) is 14.2 Å². The molecule has 256 valence electrons. The molecule has 1 aromatic carbocycles. The molecule has 2 amide bonds. The molecule has 1 N–H and O–H groups in total. The number of hydrogen-bond donors (Lipinski definition) is 1. The number of aromatic nitrogens is 2. The summed E-state index contributed by atoms with van der Waals surface area (Å²) in [5, 5.41) is 2.93.